The Kier molecular flexibility index (Phi) is 4.61. The standard InChI is InChI=1S/C19H25FN2O2/c1-19(2,18(24)22-8-3-9-22)17-12-15(20)4-5-16(17)14-6-10-21(13-23)11-7-14/h4-5,12-14H,3,6-11H2,1-2H3. The molecule has 130 valence electrons. The number of piperidine rings is 1. The van der Waals surface area contributed by atoms with Gasteiger partial charge in [0.2, 0.25) is 12.3 Å². The van der Waals surface area contributed by atoms with Crippen molar-refractivity contribution in [2.75, 3.05) is 26.2 Å². The summed E-state index contributed by atoms with van der Waals surface area (Å²) in [7, 11) is 0. The lowest BCUT2D eigenvalue weighted by Crippen LogP contribution is -2.50. The molecule has 0 bridgehead atoms. The number of nitrogens with zero attached hydrogens (tertiary/aromatic N) is 2. The van der Waals surface area contributed by atoms with Gasteiger partial charge in [-0.2, -0.15) is 0 Å². The topological polar surface area (TPSA) is 40.6 Å². The molecule has 0 saturated carbocycles. The van der Waals surface area contributed by atoms with Gasteiger partial charge >= 0.3 is 0 Å². The molecule has 1 aromatic rings. The van der Waals surface area contributed by atoms with E-state index in [1.807, 2.05) is 24.8 Å². The Labute approximate surface area is 142 Å². The van der Waals surface area contributed by atoms with Gasteiger partial charge in [0, 0.05) is 26.2 Å². The number of carbonyl (C=O) groups is 2. The molecule has 2 aliphatic heterocycles. The molecular formula is C19H25FN2O2. The van der Waals surface area contributed by atoms with Crippen LogP contribution in [0, 0.1) is 5.82 Å². The monoisotopic (exact) mass is 332 g/mol. The van der Waals surface area contributed by atoms with Crippen LogP contribution in [0.5, 0.6) is 0 Å². The molecule has 0 radical (unpaired) electrons. The lowest BCUT2D eigenvalue weighted by Gasteiger charge is -2.39. The minimum atomic E-state index is -0.736. The van der Waals surface area contributed by atoms with Crippen LogP contribution >= 0.6 is 0 Å². The average Bonchev–Trinajstić information content (AvgIpc) is 2.53. The number of benzene rings is 1. The predicted molar refractivity (Wildman–Crippen MR) is 90.2 cm³/mol. The first kappa shape index (κ1) is 16.9. The van der Waals surface area contributed by atoms with E-state index >= 15 is 0 Å². The second-order valence-corrected chi connectivity index (χ2v) is 7.42. The summed E-state index contributed by atoms with van der Waals surface area (Å²) >= 11 is 0. The molecule has 2 heterocycles. The van der Waals surface area contributed by atoms with E-state index in [4.69, 9.17) is 0 Å². The molecule has 2 fully saturated rings. The van der Waals surface area contributed by atoms with Crippen LogP contribution in [0.25, 0.3) is 0 Å². The largest absolute Gasteiger partial charge is 0.345 e. The van der Waals surface area contributed by atoms with Crippen molar-refractivity contribution in [3.63, 3.8) is 0 Å². The molecule has 2 aliphatic rings. The summed E-state index contributed by atoms with van der Waals surface area (Å²) in [5, 5.41) is 0. The average molecular weight is 332 g/mol. The maximum atomic E-state index is 13.9. The van der Waals surface area contributed by atoms with Crippen LogP contribution in [-0.2, 0) is 15.0 Å². The van der Waals surface area contributed by atoms with E-state index in [9.17, 15) is 14.0 Å². The summed E-state index contributed by atoms with van der Waals surface area (Å²) in [6.07, 6.45) is 3.64. The number of rotatable bonds is 4. The van der Waals surface area contributed by atoms with Crippen molar-refractivity contribution in [1.82, 2.24) is 9.80 Å². The van der Waals surface area contributed by atoms with E-state index in [0.717, 1.165) is 49.9 Å². The van der Waals surface area contributed by atoms with Gasteiger partial charge in [-0.15, -0.1) is 0 Å². The predicted octanol–water partition coefficient (Wildman–Crippen LogP) is 2.67. The lowest BCUT2D eigenvalue weighted by atomic mass is 9.75. The Morgan fingerprint density at radius 2 is 1.88 bits per heavy atom. The molecule has 0 atom stereocenters. The van der Waals surface area contributed by atoms with E-state index in [0.29, 0.717) is 13.1 Å². The van der Waals surface area contributed by atoms with E-state index in [2.05, 4.69) is 0 Å². The molecule has 4 nitrogen and oxygen atoms in total. The fourth-order valence-corrected chi connectivity index (χ4v) is 3.77. The summed E-state index contributed by atoms with van der Waals surface area (Å²) in [6, 6.07) is 4.84. The molecule has 5 heteroatoms. The molecule has 2 saturated heterocycles. The molecule has 0 N–H and O–H groups in total. The smallest absolute Gasteiger partial charge is 0.232 e. The Balaban J connectivity index is 1.90. The van der Waals surface area contributed by atoms with E-state index < -0.39 is 5.41 Å². The third kappa shape index (κ3) is 3.04. The van der Waals surface area contributed by atoms with Crippen LogP contribution in [-0.4, -0.2) is 48.3 Å². The normalized spacial score (nSPS) is 19.1. The highest BCUT2D eigenvalue weighted by atomic mass is 19.1. The van der Waals surface area contributed by atoms with Crippen LogP contribution in [0.2, 0.25) is 0 Å². The van der Waals surface area contributed by atoms with Crippen LogP contribution in [0.4, 0.5) is 4.39 Å². The van der Waals surface area contributed by atoms with Crippen molar-refractivity contribution in [3.05, 3.63) is 35.1 Å². The van der Waals surface area contributed by atoms with Gasteiger partial charge in [0.1, 0.15) is 5.82 Å². The SMILES string of the molecule is CC(C)(C(=O)N1CCC1)c1cc(F)ccc1C1CCN(C=O)CC1. The van der Waals surface area contributed by atoms with Gasteiger partial charge in [0.05, 0.1) is 5.41 Å². The molecule has 0 aliphatic carbocycles. The van der Waals surface area contributed by atoms with Gasteiger partial charge in [-0.25, -0.2) is 4.39 Å². The maximum absolute atomic E-state index is 13.9. The summed E-state index contributed by atoms with van der Waals surface area (Å²) < 4.78 is 13.9. The fraction of sp³-hybridized carbons (Fsp3) is 0.579. The Hall–Kier alpha value is -1.91. The Bertz CT molecular complexity index is 632. The van der Waals surface area contributed by atoms with Crippen molar-refractivity contribution in [2.24, 2.45) is 0 Å². The van der Waals surface area contributed by atoms with E-state index in [1.54, 1.807) is 4.90 Å². The molecule has 0 unspecified atom stereocenters. The zero-order valence-corrected chi connectivity index (χ0v) is 14.4. The lowest BCUT2D eigenvalue weighted by molar-refractivity contribution is -0.139. The van der Waals surface area contributed by atoms with Gasteiger partial charge in [0.15, 0.2) is 0 Å². The third-order valence-electron chi connectivity index (χ3n) is 5.49. The molecule has 3 rings (SSSR count). The van der Waals surface area contributed by atoms with Crippen molar-refractivity contribution >= 4 is 12.3 Å². The Morgan fingerprint density at radius 1 is 1.21 bits per heavy atom. The first-order valence-corrected chi connectivity index (χ1v) is 8.72. The minimum Gasteiger partial charge on any atom is -0.345 e. The first-order valence-electron chi connectivity index (χ1n) is 8.72. The highest BCUT2D eigenvalue weighted by Crippen LogP contribution is 2.37. The highest BCUT2D eigenvalue weighted by molar-refractivity contribution is 5.88. The summed E-state index contributed by atoms with van der Waals surface area (Å²) in [5.74, 6) is 0.0368. The number of amides is 2. The third-order valence-corrected chi connectivity index (χ3v) is 5.49. The summed E-state index contributed by atoms with van der Waals surface area (Å²) in [4.78, 5) is 27.4. The van der Waals surface area contributed by atoms with Gasteiger partial charge in [-0.05, 0) is 62.3 Å². The van der Waals surface area contributed by atoms with Crippen LogP contribution in [0.1, 0.15) is 50.2 Å². The molecule has 1 aromatic carbocycles. The zero-order chi connectivity index (χ0) is 17.3. The summed E-state index contributed by atoms with van der Waals surface area (Å²) in [6.45, 7) is 6.81. The highest BCUT2D eigenvalue weighted by Gasteiger charge is 2.38. The van der Waals surface area contributed by atoms with Crippen LogP contribution in [0.15, 0.2) is 18.2 Å². The fourth-order valence-electron chi connectivity index (χ4n) is 3.77. The van der Waals surface area contributed by atoms with Crippen LogP contribution < -0.4 is 0 Å². The molecule has 0 aromatic heterocycles. The van der Waals surface area contributed by atoms with Crippen molar-refractivity contribution < 1.29 is 14.0 Å². The molecule has 0 spiro atoms. The van der Waals surface area contributed by atoms with Crippen LogP contribution in [0.3, 0.4) is 0 Å². The number of carbonyl (C=O) groups excluding carboxylic acids is 2. The number of hydrogen-bond donors (Lipinski definition) is 0. The first-order chi connectivity index (χ1) is 11.4. The number of halogens is 1. The van der Waals surface area contributed by atoms with Gasteiger partial charge in [0.25, 0.3) is 0 Å². The minimum absolute atomic E-state index is 0.0749. The molecular weight excluding hydrogens is 307 g/mol. The van der Waals surface area contributed by atoms with Gasteiger partial charge in [-0.3, -0.25) is 9.59 Å². The van der Waals surface area contributed by atoms with Crippen molar-refractivity contribution in [1.29, 1.82) is 0 Å². The van der Waals surface area contributed by atoms with Crippen molar-refractivity contribution in [2.45, 2.75) is 44.4 Å². The van der Waals surface area contributed by atoms with Gasteiger partial charge < -0.3 is 9.80 Å². The summed E-state index contributed by atoms with van der Waals surface area (Å²) in [5.41, 5.74) is 1.12. The quantitative estimate of drug-likeness (QED) is 0.796. The van der Waals surface area contributed by atoms with E-state index in [-0.39, 0.29) is 17.6 Å². The second kappa shape index (κ2) is 6.54. The zero-order valence-electron chi connectivity index (χ0n) is 14.4. The molecule has 2 amide bonds. The number of likely N-dealkylation sites (tertiary alicyclic amines) is 2. The van der Waals surface area contributed by atoms with E-state index in [1.165, 1.54) is 12.1 Å². The van der Waals surface area contributed by atoms with Gasteiger partial charge in [-0.1, -0.05) is 6.07 Å². The Morgan fingerprint density at radius 3 is 2.42 bits per heavy atom. The second-order valence-electron chi connectivity index (χ2n) is 7.42. The number of hydrogen-bond acceptors (Lipinski definition) is 2. The maximum Gasteiger partial charge on any atom is 0.232 e. The van der Waals surface area contributed by atoms with Crippen molar-refractivity contribution in [3.8, 4) is 0 Å². The molecule has 24 heavy (non-hydrogen) atoms.